The molecule has 2 rings (SSSR count). The zero-order valence-electron chi connectivity index (χ0n) is 11.4. The van der Waals surface area contributed by atoms with Crippen LogP contribution in [0.4, 0.5) is 5.69 Å². The van der Waals surface area contributed by atoms with Crippen molar-refractivity contribution in [3.05, 3.63) is 51.9 Å². The lowest BCUT2D eigenvalue weighted by Gasteiger charge is -2.21. The highest BCUT2D eigenvalue weighted by atomic mass is 79.9. The fourth-order valence-corrected chi connectivity index (χ4v) is 2.71. The maximum absolute atomic E-state index is 9.57. The molecule has 1 atom stereocenters. The lowest BCUT2D eigenvalue weighted by Crippen LogP contribution is -2.17. The lowest BCUT2D eigenvalue weighted by molar-refractivity contribution is 0.199. The molecule has 0 aliphatic rings. The molecule has 0 bridgehead atoms. The molecule has 0 fully saturated rings. The third-order valence-corrected chi connectivity index (χ3v) is 3.87. The van der Waals surface area contributed by atoms with Crippen molar-refractivity contribution in [3.63, 3.8) is 0 Å². The summed E-state index contributed by atoms with van der Waals surface area (Å²) in [6.07, 6.45) is 1.26. The second-order valence-electron chi connectivity index (χ2n) is 4.74. The predicted octanol–water partition coefficient (Wildman–Crippen LogP) is 4.04. The molecule has 0 saturated carbocycles. The summed E-state index contributed by atoms with van der Waals surface area (Å²) in [7, 11) is 2.04. The number of aliphatic hydroxyl groups excluding tert-OH is 1. The molecule has 1 unspecified atom stereocenters. The summed E-state index contributed by atoms with van der Waals surface area (Å²) in [5.41, 5.74) is 3.17. The van der Waals surface area contributed by atoms with E-state index in [0.29, 0.717) is 0 Å². The largest absolute Gasteiger partial charge is 0.469 e. The predicted molar refractivity (Wildman–Crippen MR) is 80.3 cm³/mol. The normalized spacial score (nSPS) is 12.5. The van der Waals surface area contributed by atoms with Crippen LogP contribution in [0.3, 0.4) is 0 Å². The number of aliphatic hydroxyl groups is 1. The maximum atomic E-state index is 9.57. The third-order valence-electron chi connectivity index (χ3n) is 3.24. The minimum atomic E-state index is -0.452. The molecule has 1 aromatic heterocycles. The first-order valence-electron chi connectivity index (χ1n) is 6.20. The van der Waals surface area contributed by atoms with Gasteiger partial charge < -0.3 is 14.4 Å². The summed E-state index contributed by atoms with van der Waals surface area (Å²) in [6.45, 7) is 4.52. The molecule has 3 nitrogen and oxygen atoms in total. The summed E-state index contributed by atoms with van der Waals surface area (Å²) in [5.74, 6) is 0.948. The number of hydrogen-bond donors (Lipinski definition) is 1. The van der Waals surface area contributed by atoms with Crippen molar-refractivity contribution in [2.75, 3.05) is 11.9 Å². The minimum Gasteiger partial charge on any atom is -0.469 e. The highest BCUT2D eigenvalue weighted by Gasteiger charge is 2.11. The molecule has 0 saturated heterocycles. The summed E-state index contributed by atoms with van der Waals surface area (Å²) in [6, 6.07) is 7.91. The van der Waals surface area contributed by atoms with Gasteiger partial charge in [-0.25, -0.2) is 0 Å². The minimum absolute atomic E-state index is 0.452. The quantitative estimate of drug-likeness (QED) is 0.922. The Morgan fingerprint density at radius 3 is 2.63 bits per heavy atom. The van der Waals surface area contributed by atoms with E-state index in [1.165, 1.54) is 5.56 Å². The van der Waals surface area contributed by atoms with Crippen molar-refractivity contribution >= 4 is 21.6 Å². The second-order valence-corrected chi connectivity index (χ2v) is 5.60. The topological polar surface area (TPSA) is 36.6 Å². The van der Waals surface area contributed by atoms with Crippen molar-refractivity contribution in [2.45, 2.75) is 26.5 Å². The van der Waals surface area contributed by atoms with Gasteiger partial charge in [0.05, 0.1) is 18.1 Å². The van der Waals surface area contributed by atoms with Crippen LogP contribution in [0.5, 0.6) is 0 Å². The average Bonchev–Trinajstić information content (AvgIpc) is 2.74. The standard InChI is InChI=1S/C15H18BrNO2/c1-10(18)12-4-5-15(14(16)8-12)17(3)9-13-6-7-19-11(13)2/h4-8,10,18H,9H2,1-3H3. The first-order chi connectivity index (χ1) is 8.99. The molecule has 19 heavy (non-hydrogen) atoms. The summed E-state index contributed by atoms with van der Waals surface area (Å²) in [4.78, 5) is 2.15. The fourth-order valence-electron chi connectivity index (χ4n) is 2.01. The molecule has 1 heterocycles. The average molecular weight is 324 g/mol. The number of hydrogen-bond acceptors (Lipinski definition) is 3. The number of anilines is 1. The smallest absolute Gasteiger partial charge is 0.105 e. The molecular weight excluding hydrogens is 306 g/mol. The molecule has 0 amide bonds. The molecule has 0 aliphatic heterocycles. The van der Waals surface area contributed by atoms with Crippen LogP contribution in [0.2, 0.25) is 0 Å². The van der Waals surface area contributed by atoms with Crippen LogP contribution in [0.1, 0.15) is 29.9 Å². The molecule has 0 spiro atoms. The Bertz CT molecular complexity index is 563. The van der Waals surface area contributed by atoms with E-state index in [1.807, 2.05) is 38.2 Å². The van der Waals surface area contributed by atoms with E-state index >= 15 is 0 Å². The van der Waals surface area contributed by atoms with Gasteiger partial charge in [-0.3, -0.25) is 0 Å². The zero-order valence-corrected chi connectivity index (χ0v) is 12.9. The summed E-state index contributed by atoms with van der Waals surface area (Å²) >= 11 is 3.56. The van der Waals surface area contributed by atoms with Gasteiger partial charge in [0, 0.05) is 23.6 Å². The first kappa shape index (κ1) is 14.2. The van der Waals surface area contributed by atoms with E-state index < -0.39 is 6.10 Å². The monoisotopic (exact) mass is 323 g/mol. The van der Waals surface area contributed by atoms with Gasteiger partial charge in [-0.1, -0.05) is 6.07 Å². The maximum Gasteiger partial charge on any atom is 0.105 e. The summed E-state index contributed by atoms with van der Waals surface area (Å²) in [5, 5.41) is 9.57. The number of aryl methyl sites for hydroxylation is 1. The van der Waals surface area contributed by atoms with E-state index in [1.54, 1.807) is 13.2 Å². The van der Waals surface area contributed by atoms with Crippen LogP contribution in [-0.2, 0) is 6.54 Å². The Morgan fingerprint density at radius 1 is 1.37 bits per heavy atom. The number of nitrogens with zero attached hydrogens (tertiary/aromatic N) is 1. The molecule has 4 heteroatoms. The Morgan fingerprint density at radius 2 is 2.11 bits per heavy atom. The number of benzene rings is 1. The van der Waals surface area contributed by atoms with Crippen molar-refractivity contribution < 1.29 is 9.52 Å². The van der Waals surface area contributed by atoms with Gasteiger partial charge >= 0.3 is 0 Å². The third kappa shape index (κ3) is 3.19. The van der Waals surface area contributed by atoms with Crippen LogP contribution in [-0.4, -0.2) is 12.2 Å². The van der Waals surface area contributed by atoms with Crippen molar-refractivity contribution in [1.82, 2.24) is 0 Å². The highest BCUT2D eigenvalue weighted by Crippen LogP contribution is 2.30. The highest BCUT2D eigenvalue weighted by molar-refractivity contribution is 9.10. The number of furan rings is 1. The number of rotatable bonds is 4. The van der Waals surface area contributed by atoms with E-state index in [0.717, 1.165) is 28.0 Å². The van der Waals surface area contributed by atoms with Gasteiger partial charge in [0.1, 0.15) is 5.76 Å². The van der Waals surface area contributed by atoms with E-state index in [9.17, 15) is 5.11 Å². The van der Waals surface area contributed by atoms with Gasteiger partial charge in [-0.15, -0.1) is 0 Å². The van der Waals surface area contributed by atoms with Crippen molar-refractivity contribution in [1.29, 1.82) is 0 Å². The van der Waals surface area contributed by atoms with Crippen LogP contribution in [0.15, 0.2) is 39.4 Å². The molecular formula is C15H18BrNO2. The van der Waals surface area contributed by atoms with Crippen LogP contribution in [0, 0.1) is 6.92 Å². The Hall–Kier alpha value is -1.26. The Kier molecular flexibility index (Phi) is 4.32. The zero-order chi connectivity index (χ0) is 14.0. The van der Waals surface area contributed by atoms with Gasteiger partial charge in [-0.2, -0.15) is 0 Å². The van der Waals surface area contributed by atoms with Crippen molar-refractivity contribution in [2.24, 2.45) is 0 Å². The van der Waals surface area contributed by atoms with Gasteiger partial charge in [0.2, 0.25) is 0 Å². The van der Waals surface area contributed by atoms with Crippen LogP contribution >= 0.6 is 15.9 Å². The van der Waals surface area contributed by atoms with E-state index in [2.05, 4.69) is 20.8 Å². The van der Waals surface area contributed by atoms with Gasteiger partial charge in [0.15, 0.2) is 0 Å². The van der Waals surface area contributed by atoms with E-state index in [-0.39, 0.29) is 0 Å². The molecule has 0 radical (unpaired) electrons. The number of halogens is 1. The molecule has 1 aromatic carbocycles. The van der Waals surface area contributed by atoms with Gasteiger partial charge in [0.25, 0.3) is 0 Å². The first-order valence-corrected chi connectivity index (χ1v) is 7.00. The van der Waals surface area contributed by atoms with Crippen LogP contribution < -0.4 is 4.90 Å². The molecule has 102 valence electrons. The van der Waals surface area contributed by atoms with Crippen molar-refractivity contribution in [3.8, 4) is 0 Å². The van der Waals surface area contributed by atoms with Gasteiger partial charge in [-0.05, 0) is 53.5 Å². The molecule has 1 N–H and O–H groups in total. The van der Waals surface area contributed by atoms with E-state index in [4.69, 9.17) is 4.42 Å². The summed E-state index contributed by atoms with van der Waals surface area (Å²) < 4.78 is 6.29. The van der Waals surface area contributed by atoms with Crippen LogP contribution in [0.25, 0.3) is 0 Å². The Balaban J connectivity index is 2.20. The Labute approximate surface area is 122 Å². The fraction of sp³-hybridized carbons (Fsp3) is 0.333. The molecule has 0 aliphatic carbocycles. The second kappa shape index (κ2) is 5.80. The molecule has 2 aromatic rings. The SMILES string of the molecule is Cc1occc1CN(C)c1ccc(C(C)O)cc1Br. The lowest BCUT2D eigenvalue weighted by atomic mass is 10.1.